The Kier molecular flexibility index (Phi) is 2.32. The van der Waals surface area contributed by atoms with Crippen LogP contribution in [0.15, 0.2) is 18.2 Å². The number of non-ortho nitro benzene ring substituents is 1. The first-order valence-electron chi connectivity index (χ1n) is 4.71. The van der Waals surface area contributed by atoms with Crippen molar-refractivity contribution in [2.45, 2.75) is 18.4 Å². The molecule has 5 nitrogen and oxygen atoms in total. The van der Waals surface area contributed by atoms with Crippen molar-refractivity contribution < 1.29 is 9.66 Å². The minimum absolute atomic E-state index is 0.0879. The maximum absolute atomic E-state index is 10.6. The molecule has 0 saturated heterocycles. The Labute approximate surface area is 87.0 Å². The Balaban J connectivity index is 2.39. The van der Waals surface area contributed by atoms with Crippen LogP contribution in [0, 0.1) is 10.1 Å². The van der Waals surface area contributed by atoms with Gasteiger partial charge in [0.15, 0.2) is 0 Å². The summed E-state index contributed by atoms with van der Waals surface area (Å²) in [4.78, 5) is 10.2. The molecule has 0 aromatic heterocycles. The molecule has 0 amide bonds. The van der Waals surface area contributed by atoms with E-state index in [9.17, 15) is 10.1 Å². The molecule has 0 aliphatic heterocycles. The number of hydrogen-bond acceptors (Lipinski definition) is 4. The number of methoxy groups -OCH3 is 1. The van der Waals surface area contributed by atoms with E-state index < -0.39 is 4.92 Å². The molecule has 0 spiro atoms. The van der Waals surface area contributed by atoms with E-state index in [0.29, 0.717) is 5.75 Å². The van der Waals surface area contributed by atoms with Crippen molar-refractivity contribution in [3.63, 3.8) is 0 Å². The zero-order chi connectivity index (χ0) is 11.0. The molecule has 0 radical (unpaired) electrons. The fourth-order valence-corrected chi connectivity index (χ4v) is 1.70. The largest absolute Gasteiger partial charge is 0.496 e. The minimum Gasteiger partial charge on any atom is -0.496 e. The average Bonchev–Trinajstić information content (AvgIpc) is 2.94. The molecular weight excluding hydrogens is 196 g/mol. The van der Waals surface area contributed by atoms with Crippen molar-refractivity contribution >= 4 is 5.69 Å². The highest BCUT2D eigenvalue weighted by molar-refractivity contribution is 5.48. The van der Waals surface area contributed by atoms with Gasteiger partial charge in [0.25, 0.3) is 5.69 Å². The Morgan fingerprint density at radius 2 is 2.27 bits per heavy atom. The van der Waals surface area contributed by atoms with Crippen molar-refractivity contribution in [3.8, 4) is 5.75 Å². The lowest BCUT2D eigenvalue weighted by Gasteiger charge is -2.06. The summed E-state index contributed by atoms with van der Waals surface area (Å²) in [5, 5.41) is 10.6. The molecule has 2 N–H and O–H groups in total. The number of ether oxygens (including phenoxy) is 1. The lowest BCUT2D eigenvalue weighted by molar-refractivity contribution is -0.384. The first kappa shape index (κ1) is 9.92. The lowest BCUT2D eigenvalue weighted by Crippen LogP contribution is -2.02. The first-order valence-corrected chi connectivity index (χ1v) is 4.71. The monoisotopic (exact) mass is 208 g/mol. The Bertz CT molecular complexity index is 406. The van der Waals surface area contributed by atoms with Crippen LogP contribution in [0.3, 0.4) is 0 Å². The number of rotatable bonds is 3. The van der Waals surface area contributed by atoms with Gasteiger partial charge in [-0.25, -0.2) is 0 Å². The van der Waals surface area contributed by atoms with Crippen LogP contribution in [0.5, 0.6) is 5.75 Å². The highest BCUT2D eigenvalue weighted by Crippen LogP contribution is 2.44. The first-order chi connectivity index (χ1) is 7.13. The molecule has 1 aliphatic carbocycles. The molecule has 5 heteroatoms. The number of nitrogens with zero attached hydrogens (tertiary/aromatic N) is 1. The van der Waals surface area contributed by atoms with Gasteiger partial charge >= 0.3 is 0 Å². The van der Waals surface area contributed by atoms with Crippen LogP contribution in [0.2, 0.25) is 0 Å². The summed E-state index contributed by atoms with van der Waals surface area (Å²) in [5.74, 6) is 0.887. The molecule has 1 aromatic rings. The van der Waals surface area contributed by atoms with Crippen LogP contribution in [0.25, 0.3) is 0 Å². The third-order valence-electron chi connectivity index (χ3n) is 2.66. The second-order valence-electron chi connectivity index (χ2n) is 3.69. The molecule has 15 heavy (non-hydrogen) atoms. The average molecular weight is 208 g/mol. The molecule has 2 rings (SSSR count). The third kappa shape index (κ3) is 1.78. The lowest BCUT2D eigenvalue weighted by atomic mass is 10.1. The van der Waals surface area contributed by atoms with Crippen molar-refractivity contribution in [1.82, 2.24) is 0 Å². The summed E-state index contributed by atoms with van der Waals surface area (Å²) in [7, 11) is 1.55. The summed E-state index contributed by atoms with van der Waals surface area (Å²) in [6.07, 6.45) is 0.873. The summed E-state index contributed by atoms with van der Waals surface area (Å²) in [6, 6.07) is 4.73. The summed E-state index contributed by atoms with van der Waals surface area (Å²) in [6.45, 7) is 0. The highest BCUT2D eigenvalue weighted by Gasteiger charge is 2.37. The molecule has 1 fully saturated rings. The SMILES string of the molecule is COc1ccc([N+](=O)[O-])cc1[C@@H]1C[C@H]1N. The molecule has 80 valence electrons. The summed E-state index contributed by atoms with van der Waals surface area (Å²) >= 11 is 0. The van der Waals surface area contributed by atoms with E-state index in [0.717, 1.165) is 12.0 Å². The number of benzene rings is 1. The van der Waals surface area contributed by atoms with E-state index in [-0.39, 0.29) is 17.6 Å². The fraction of sp³-hybridized carbons (Fsp3) is 0.400. The molecule has 1 aromatic carbocycles. The zero-order valence-electron chi connectivity index (χ0n) is 8.34. The number of nitrogens with two attached hydrogens (primary N) is 1. The number of nitro groups is 1. The Morgan fingerprint density at radius 1 is 1.60 bits per heavy atom. The Morgan fingerprint density at radius 3 is 2.73 bits per heavy atom. The van der Waals surface area contributed by atoms with E-state index in [1.54, 1.807) is 19.2 Å². The van der Waals surface area contributed by atoms with E-state index >= 15 is 0 Å². The smallest absolute Gasteiger partial charge is 0.269 e. The van der Waals surface area contributed by atoms with Gasteiger partial charge in [-0.1, -0.05) is 0 Å². The minimum atomic E-state index is -0.406. The van der Waals surface area contributed by atoms with E-state index in [1.165, 1.54) is 6.07 Å². The van der Waals surface area contributed by atoms with Gasteiger partial charge in [0.1, 0.15) is 5.75 Å². The van der Waals surface area contributed by atoms with Gasteiger partial charge < -0.3 is 10.5 Å². The van der Waals surface area contributed by atoms with Crippen molar-refractivity contribution in [1.29, 1.82) is 0 Å². The fourth-order valence-electron chi connectivity index (χ4n) is 1.70. The molecule has 1 saturated carbocycles. The van der Waals surface area contributed by atoms with Crippen LogP contribution < -0.4 is 10.5 Å². The number of nitro benzene ring substituents is 1. The highest BCUT2D eigenvalue weighted by atomic mass is 16.6. The summed E-state index contributed by atoms with van der Waals surface area (Å²) in [5.41, 5.74) is 6.66. The van der Waals surface area contributed by atoms with Crippen molar-refractivity contribution in [2.75, 3.05) is 7.11 Å². The maximum atomic E-state index is 10.6. The van der Waals surface area contributed by atoms with Gasteiger partial charge in [0.05, 0.1) is 12.0 Å². The molecule has 1 aliphatic rings. The van der Waals surface area contributed by atoms with Crippen molar-refractivity contribution in [2.24, 2.45) is 5.73 Å². The summed E-state index contributed by atoms with van der Waals surface area (Å²) < 4.78 is 5.15. The standard InChI is InChI=1S/C10H12N2O3/c1-15-10-3-2-6(12(13)14)4-8(10)7-5-9(7)11/h2-4,7,9H,5,11H2,1H3/t7-,9+/m0/s1. The van der Waals surface area contributed by atoms with Gasteiger partial charge in [-0.3, -0.25) is 10.1 Å². The molecule has 0 unspecified atom stereocenters. The molecule has 2 atom stereocenters. The van der Waals surface area contributed by atoms with Crippen LogP contribution in [0.4, 0.5) is 5.69 Å². The van der Waals surface area contributed by atoms with Crippen LogP contribution >= 0.6 is 0 Å². The number of hydrogen-bond donors (Lipinski definition) is 1. The van der Waals surface area contributed by atoms with Gasteiger partial charge in [-0.05, 0) is 12.5 Å². The Hall–Kier alpha value is -1.62. The van der Waals surface area contributed by atoms with Crippen LogP contribution in [-0.4, -0.2) is 18.1 Å². The van der Waals surface area contributed by atoms with Gasteiger partial charge in [-0.15, -0.1) is 0 Å². The molecule has 0 heterocycles. The zero-order valence-corrected chi connectivity index (χ0v) is 8.34. The van der Waals surface area contributed by atoms with Gasteiger partial charge in [0.2, 0.25) is 0 Å². The topological polar surface area (TPSA) is 78.4 Å². The predicted octanol–water partition coefficient (Wildman–Crippen LogP) is 1.42. The van der Waals surface area contributed by atoms with Gasteiger partial charge in [0, 0.05) is 29.7 Å². The molecular formula is C10H12N2O3. The van der Waals surface area contributed by atoms with E-state index in [2.05, 4.69) is 0 Å². The van der Waals surface area contributed by atoms with Crippen LogP contribution in [-0.2, 0) is 0 Å². The normalized spacial score (nSPS) is 23.6. The second-order valence-corrected chi connectivity index (χ2v) is 3.69. The van der Waals surface area contributed by atoms with E-state index in [1.807, 2.05) is 0 Å². The second kappa shape index (κ2) is 3.51. The molecule has 0 bridgehead atoms. The van der Waals surface area contributed by atoms with E-state index in [4.69, 9.17) is 10.5 Å². The van der Waals surface area contributed by atoms with Crippen LogP contribution in [0.1, 0.15) is 17.9 Å². The third-order valence-corrected chi connectivity index (χ3v) is 2.66. The quantitative estimate of drug-likeness (QED) is 0.601. The van der Waals surface area contributed by atoms with Crippen molar-refractivity contribution in [3.05, 3.63) is 33.9 Å². The van der Waals surface area contributed by atoms with Gasteiger partial charge in [-0.2, -0.15) is 0 Å². The predicted molar refractivity (Wildman–Crippen MR) is 55.0 cm³/mol. The maximum Gasteiger partial charge on any atom is 0.269 e.